The molecule has 0 unspecified atom stereocenters. The van der Waals surface area contributed by atoms with E-state index in [0.29, 0.717) is 5.69 Å². The number of urea groups is 1. The van der Waals surface area contributed by atoms with E-state index < -0.39 is 31.0 Å². The summed E-state index contributed by atoms with van der Waals surface area (Å²) in [6, 6.07) is 0.933. The van der Waals surface area contributed by atoms with E-state index in [1.165, 1.54) is 6.20 Å². The lowest BCUT2D eigenvalue weighted by Gasteiger charge is -2.19. The van der Waals surface area contributed by atoms with Crippen LogP contribution in [-0.4, -0.2) is 46.0 Å². The Morgan fingerprint density at radius 1 is 1.37 bits per heavy atom. The van der Waals surface area contributed by atoms with Crippen molar-refractivity contribution in [1.29, 1.82) is 0 Å². The van der Waals surface area contributed by atoms with Gasteiger partial charge in [0.2, 0.25) is 5.91 Å². The summed E-state index contributed by atoms with van der Waals surface area (Å²) in [6.45, 7) is 0.701. The van der Waals surface area contributed by atoms with Gasteiger partial charge in [0.05, 0.1) is 11.9 Å². The van der Waals surface area contributed by atoms with Crippen LogP contribution >= 0.6 is 0 Å². The predicted octanol–water partition coefficient (Wildman–Crippen LogP) is -0.206. The molecule has 3 amide bonds. The highest BCUT2D eigenvalue weighted by molar-refractivity contribution is 5.93. The van der Waals surface area contributed by atoms with Crippen LogP contribution < -0.4 is 11.1 Å². The number of amides is 3. The lowest BCUT2D eigenvalue weighted by molar-refractivity contribution is -0.137. The number of hydrogen-bond donors (Lipinski definition) is 3. The Kier molecular flexibility index (Phi) is 4.81. The number of nitrogens with two attached hydrogens (primary N) is 1. The molecule has 0 aromatic carbocycles. The first kappa shape index (κ1) is 14.4. The maximum atomic E-state index is 11.8. The van der Waals surface area contributed by atoms with Crippen LogP contribution in [0, 0.1) is 6.92 Å². The number of carboxylic acids is 1. The zero-order valence-electron chi connectivity index (χ0n) is 10.3. The Morgan fingerprint density at radius 2 is 2.05 bits per heavy atom. The molecule has 0 fully saturated rings. The van der Waals surface area contributed by atoms with E-state index >= 15 is 0 Å². The van der Waals surface area contributed by atoms with Gasteiger partial charge in [-0.05, 0) is 18.6 Å². The number of aliphatic carboxylic acids is 1. The number of carboxylic acid groups (broad SMARTS) is 1. The molecule has 0 saturated carbocycles. The van der Waals surface area contributed by atoms with Gasteiger partial charge in [0, 0.05) is 6.20 Å². The van der Waals surface area contributed by atoms with E-state index in [1.807, 2.05) is 0 Å². The van der Waals surface area contributed by atoms with Crippen molar-refractivity contribution < 1.29 is 19.5 Å². The maximum Gasteiger partial charge on any atom is 0.323 e. The molecule has 0 atom stereocenters. The quantitative estimate of drug-likeness (QED) is 0.680. The van der Waals surface area contributed by atoms with Gasteiger partial charge in [0.25, 0.3) is 0 Å². The molecule has 1 aromatic rings. The Morgan fingerprint density at radius 3 is 2.58 bits per heavy atom. The fraction of sp³-hybridized carbons (Fsp3) is 0.273. The SMILES string of the molecule is Cc1cncc(NC(=O)N(CC(N)=O)CC(=O)O)c1. The average molecular weight is 266 g/mol. The average Bonchev–Trinajstić information content (AvgIpc) is 2.26. The Hall–Kier alpha value is -2.64. The second-order valence-electron chi connectivity index (χ2n) is 3.90. The minimum Gasteiger partial charge on any atom is -0.480 e. The van der Waals surface area contributed by atoms with Crippen LogP contribution in [0.3, 0.4) is 0 Å². The summed E-state index contributed by atoms with van der Waals surface area (Å²) in [5.74, 6) is -2.03. The lowest BCUT2D eigenvalue weighted by Crippen LogP contribution is -2.43. The summed E-state index contributed by atoms with van der Waals surface area (Å²) in [6.07, 6.45) is 3.02. The summed E-state index contributed by atoms with van der Waals surface area (Å²) in [5.41, 5.74) is 6.20. The number of nitrogens with zero attached hydrogens (tertiary/aromatic N) is 2. The highest BCUT2D eigenvalue weighted by Gasteiger charge is 2.18. The van der Waals surface area contributed by atoms with Crippen molar-refractivity contribution in [1.82, 2.24) is 9.88 Å². The van der Waals surface area contributed by atoms with Crippen molar-refractivity contribution >= 4 is 23.6 Å². The lowest BCUT2D eigenvalue weighted by atomic mass is 10.3. The van der Waals surface area contributed by atoms with Gasteiger partial charge in [0.1, 0.15) is 13.1 Å². The third-order valence-electron chi connectivity index (χ3n) is 2.09. The maximum absolute atomic E-state index is 11.8. The fourth-order valence-electron chi connectivity index (χ4n) is 1.38. The molecule has 0 aliphatic rings. The van der Waals surface area contributed by atoms with Gasteiger partial charge in [-0.25, -0.2) is 4.79 Å². The molecule has 19 heavy (non-hydrogen) atoms. The molecule has 1 heterocycles. The molecule has 0 aliphatic carbocycles. The van der Waals surface area contributed by atoms with E-state index in [0.717, 1.165) is 10.5 Å². The summed E-state index contributed by atoms with van der Waals surface area (Å²) in [7, 11) is 0. The highest BCUT2D eigenvalue weighted by atomic mass is 16.4. The Balaban J connectivity index is 2.76. The molecule has 4 N–H and O–H groups in total. The third kappa shape index (κ3) is 5.02. The number of pyridine rings is 1. The van der Waals surface area contributed by atoms with Gasteiger partial charge in [-0.15, -0.1) is 0 Å². The monoisotopic (exact) mass is 266 g/mol. The smallest absolute Gasteiger partial charge is 0.323 e. The van der Waals surface area contributed by atoms with Crippen molar-refractivity contribution in [3.05, 3.63) is 24.0 Å². The standard InChI is InChI=1S/C11H14N4O4/c1-7-2-8(4-13-3-7)14-11(19)15(5-9(12)16)6-10(17)18/h2-4H,5-6H2,1H3,(H2,12,16)(H,14,19)(H,17,18). The summed E-state index contributed by atoms with van der Waals surface area (Å²) < 4.78 is 0. The van der Waals surface area contributed by atoms with Gasteiger partial charge in [-0.2, -0.15) is 0 Å². The molecule has 8 heteroatoms. The van der Waals surface area contributed by atoms with Crippen LogP contribution in [0.4, 0.5) is 10.5 Å². The molecule has 0 saturated heterocycles. The summed E-state index contributed by atoms with van der Waals surface area (Å²) in [4.78, 5) is 37.9. The fourth-order valence-corrected chi connectivity index (χ4v) is 1.38. The molecule has 1 aromatic heterocycles. The van der Waals surface area contributed by atoms with Gasteiger partial charge in [-0.1, -0.05) is 0 Å². The summed E-state index contributed by atoms with van der Waals surface area (Å²) >= 11 is 0. The van der Waals surface area contributed by atoms with Crippen LogP contribution in [0.5, 0.6) is 0 Å². The zero-order valence-corrected chi connectivity index (χ0v) is 10.3. The molecule has 1 rings (SSSR count). The van der Waals surface area contributed by atoms with Crippen molar-refractivity contribution in [2.45, 2.75) is 6.92 Å². The first-order chi connectivity index (χ1) is 8.88. The van der Waals surface area contributed by atoms with Gasteiger partial charge in [-0.3, -0.25) is 14.6 Å². The van der Waals surface area contributed by atoms with Gasteiger partial charge < -0.3 is 21.1 Å². The van der Waals surface area contributed by atoms with Crippen LogP contribution in [0.1, 0.15) is 5.56 Å². The number of rotatable bonds is 5. The molecule has 0 aliphatic heterocycles. The molecular formula is C11H14N4O4. The third-order valence-corrected chi connectivity index (χ3v) is 2.09. The number of nitrogens with one attached hydrogen (secondary N) is 1. The van der Waals surface area contributed by atoms with E-state index in [4.69, 9.17) is 10.8 Å². The van der Waals surface area contributed by atoms with E-state index in [1.54, 1.807) is 19.2 Å². The number of carbonyl (C=O) groups is 3. The molecule has 0 radical (unpaired) electrons. The largest absolute Gasteiger partial charge is 0.480 e. The van der Waals surface area contributed by atoms with Crippen LogP contribution in [0.2, 0.25) is 0 Å². The van der Waals surface area contributed by atoms with Crippen molar-refractivity contribution in [2.24, 2.45) is 5.73 Å². The molecule has 0 spiro atoms. The van der Waals surface area contributed by atoms with Gasteiger partial charge >= 0.3 is 12.0 Å². The first-order valence-corrected chi connectivity index (χ1v) is 5.36. The normalized spacial score (nSPS) is 9.74. The van der Waals surface area contributed by atoms with Crippen molar-refractivity contribution in [2.75, 3.05) is 18.4 Å². The van der Waals surface area contributed by atoms with E-state index in [9.17, 15) is 14.4 Å². The molecule has 102 valence electrons. The minimum atomic E-state index is -1.24. The number of aryl methyl sites for hydroxylation is 1. The molecule has 8 nitrogen and oxygen atoms in total. The van der Waals surface area contributed by atoms with Crippen LogP contribution in [0.15, 0.2) is 18.5 Å². The second kappa shape index (κ2) is 6.34. The van der Waals surface area contributed by atoms with E-state index in [2.05, 4.69) is 10.3 Å². The van der Waals surface area contributed by atoms with Crippen molar-refractivity contribution in [3.63, 3.8) is 0 Å². The molecular weight excluding hydrogens is 252 g/mol. The van der Waals surface area contributed by atoms with Crippen molar-refractivity contribution in [3.8, 4) is 0 Å². The minimum absolute atomic E-state index is 0.407. The molecule has 0 bridgehead atoms. The number of hydrogen-bond acceptors (Lipinski definition) is 4. The number of anilines is 1. The summed E-state index contributed by atoms with van der Waals surface area (Å²) in [5, 5.41) is 11.1. The first-order valence-electron chi connectivity index (χ1n) is 5.36. The van der Waals surface area contributed by atoms with Gasteiger partial charge in [0.15, 0.2) is 0 Å². The number of primary amides is 1. The van der Waals surface area contributed by atoms with E-state index in [-0.39, 0.29) is 0 Å². The highest BCUT2D eigenvalue weighted by Crippen LogP contribution is 2.08. The van der Waals surface area contributed by atoms with Crippen LogP contribution in [0.25, 0.3) is 0 Å². The Bertz CT molecular complexity index is 487. The predicted molar refractivity (Wildman–Crippen MR) is 66.4 cm³/mol. The number of carbonyl (C=O) groups excluding carboxylic acids is 2. The zero-order chi connectivity index (χ0) is 14.4. The topological polar surface area (TPSA) is 126 Å². The number of aromatic nitrogens is 1. The Labute approximate surface area is 109 Å². The second-order valence-corrected chi connectivity index (χ2v) is 3.90. The van der Waals surface area contributed by atoms with Crippen LogP contribution in [-0.2, 0) is 9.59 Å².